The van der Waals surface area contributed by atoms with E-state index in [2.05, 4.69) is 6.58 Å². The van der Waals surface area contributed by atoms with E-state index >= 15 is 0 Å². The first kappa shape index (κ1) is 13.3. The second-order valence-corrected chi connectivity index (χ2v) is 4.50. The number of rotatable bonds is 4. The molecule has 4 heteroatoms. The van der Waals surface area contributed by atoms with Gasteiger partial charge in [-0.2, -0.15) is 0 Å². The maximum atomic E-state index is 12.6. The van der Waals surface area contributed by atoms with Crippen LogP contribution in [0.5, 0.6) is 0 Å². The molecule has 19 heavy (non-hydrogen) atoms. The molecule has 0 N–H and O–H groups in total. The third-order valence-electron chi connectivity index (χ3n) is 3.47. The summed E-state index contributed by atoms with van der Waals surface area (Å²) in [6.45, 7) is 5.64. The Bertz CT molecular complexity index is 538. The summed E-state index contributed by atoms with van der Waals surface area (Å²) < 4.78 is 5.12. The minimum Gasteiger partial charge on any atom is -0.465 e. The Balaban J connectivity index is 2.63. The summed E-state index contributed by atoms with van der Waals surface area (Å²) in [7, 11) is 1.67. The second-order valence-electron chi connectivity index (χ2n) is 4.50. The maximum Gasteiger partial charge on any atom is 0.326 e. The molecule has 1 amide bonds. The highest BCUT2D eigenvalue weighted by Gasteiger charge is 2.55. The van der Waals surface area contributed by atoms with E-state index in [1.54, 1.807) is 26.1 Å². The summed E-state index contributed by atoms with van der Waals surface area (Å²) in [6.07, 6.45) is 1.83. The first-order valence-corrected chi connectivity index (χ1v) is 6.25. The predicted octanol–water partition coefficient (Wildman–Crippen LogP) is 2.04. The van der Waals surface area contributed by atoms with Gasteiger partial charge in [-0.3, -0.25) is 9.59 Å². The molecule has 1 aliphatic heterocycles. The summed E-state index contributed by atoms with van der Waals surface area (Å²) in [4.78, 5) is 26.4. The molecule has 0 fully saturated rings. The molecule has 1 aromatic carbocycles. The Morgan fingerprint density at radius 2 is 2.16 bits per heavy atom. The molecule has 1 atom stereocenters. The zero-order valence-electron chi connectivity index (χ0n) is 11.2. The van der Waals surface area contributed by atoms with Crippen molar-refractivity contribution in [2.45, 2.75) is 18.8 Å². The van der Waals surface area contributed by atoms with Gasteiger partial charge in [-0.25, -0.2) is 0 Å². The number of benzene rings is 1. The number of hydrogen-bond acceptors (Lipinski definition) is 3. The standard InChI is InChI=1S/C15H17NO3/c1-4-10-15(14(18)19-5-2)11-8-6-7-9-12(11)16(3)13(15)17/h4,6-9H,1,5,10H2,2-3H3. The van der Waals surface area contributed by atoms with Crippen LogP contribution in [0.15, 0.2) is 36.9 Å². The van der Waals surface area contributed by atoms with Crippen LogP contribution in [0.25, 0.3) is 0 Å². The van der Waals surface area contributed by atoms with Gasteiger partial charge in [-0.1, -0.05) is 24.3 Å². The highest BCUT2D eigenvalue weighted by molar-refractivity contribution is 6.20. The van der Waals surface area contributed by atoms with Crippen LogP contribution in [0, 0.1) is 0 Å². The molecule has 0 aromatic heterocycles. The van der Waals surface area contributed by atoms with Crippen LogP contribution >= 0.6 is 0 Å². The monoisotopic (exact) mass is 259 g/mol. The average molecular weight is 259 g/mol. The molecular formula is C15H17NO3. The third-order valence-corrected chi connectivity index (χ3v) is 3.47. The van der Waals surface area contributed by atoms with Gasteiger partial charge in [0, 0.05) is 18.3 Å². The van der Waals surface area contributed by atoms with Crippen molar-refractivity contribution in [2.75, 3.05) is 18.6 Å². The predicted molar refractivity (Wildman–Crippen MR) is 73.0 cm³/mol. The van der Waals surface area contributed by atoms with Gasteiger partial charge in [-0.15, -0.1) is 6.58 Å². The first-order valence-electron chi connectivity index (χ1n) is 6.25. The number of anilines is 1. The number of carbonyl (C=O) groups excluding carboxylic acids is 2. The molecule has 0 saturated heterocycles. The minimum absolute atomic E-state index is 0.242. The molecule has 4 nitrogen and oxygen atoms in total. The maximum absolute atomic E-state index is 12.6. The number of esters is 1. The topological polar surface area (TPSA) is 46.6 Å². The fourth-order valence-electron chi connectivity index (χ4n) is 2.59. The number of fused-ring (bicyclic) bond motifs is 1. The zero-order valence-corrected chi connectivity index (χ0v) is 11.2. The largest absolute Gasteiger partial charge is 0.465 e. The fourth-order valence-corrected chi connectivity index (χ4v) is 2.59. The molecule has 0 bridgehead atoms. The highest BCUT2D eigenvalue weighted by atomic mass is 16.5. The zero-order chi connectivity index (χ0) is 14.0. The lowest BCUT2D eigenvalue weighted by atomic mass is 9.78. The van der Waals surface area contributed by atoms with Crippen LogP contribution in [-0.2, 0) is 19.7 Å². The van der Waals surface area contributed by atoms with Crippen molar-refractivity contribution in [1.29, 1.82) is 0 Å². The first-order chi connectivity index (χ1) is 9.09. The number of allylic oxidation sites excluding steroid dienone is 1. The van der Waals surface area contributed by atoms with Crippen LogP contribution in [0.1, 0.15) is 18.9 Å². The van der Waals surface area contributed by atoms with Crippen LogP contribution in [0.3, 0.4) is 0 Å². The van der Waals surface area contributed by atoms with Crippen LogP contribution in [-0.4, -0.2) is 25.5 Å². The van der Waals surface area contributed by atoms with Gasteiger partial charge < -0.3 is 9.64 Å². The molecule has 1 unspecified atom stereocenters. The van der Waals surface area contributed by atoms with Crippen LogP contribution in [0.2, 0.25) is 0 Å². The SMILES string of the molecule is C=CCC1(C(=O)OCC)C(=O)N(C)c2ccccc21. The second kappa shape index (κ2) is 4.88. The molecule has 0 radical (unpaired) electrons. The van der Waals surface area contributed by atoms with E-state index in [1.165, 1.54) is 4.90 Å². The Morgan fingerprint density at radius 1 is 1.47 bits per heavy atom. The lowest BCUT2D eigenvalue weighted by molar-refractivity contribution is -0.153. The highest BCUT2D eigenvalue weighted by Crippen LogP contribution is 2.44. The van der Waals surface area contributed by atoms with Gasteiger partial charge in [0.15, 0.2) is 5.41 Å². The molecule has 1 heterocycles. The van der Waals surface area contributed by atoms with Crippen molar-refractivity contribution in [2.24, 2.45) is 0 Å². The number of amides is 1. The van der Waals surface area contributed by atoms with Crippen molar-refractivity contribution in [1.82, 2.24) is 0 Å². The Morgan fingerprint density at radius 3 is 2.79 bits per heavy atom. The van der Waals surface area contributed by atoms with Gasteiger partial charge in [0.2, 0.25) is 5.91 Å². The molecule has 0 aliphatic carbocycles. The number of ether oxygens (including phenoxy) is 1. The van der Waals surface area contributed by atoms with Crippen LogP contribution < -0.4 is 4.90 Å². The minimum atomic E-state index is -1.27. The fraction of sp³-hybridized carbons (Fsp3) is 0.333. The number of likely N-dealkylation sites (N-methyl/N-ethyl adjacent to an activating group) is 1. The normalized spacial score (nSPS) is 21.2. The van der Waals surface area contributed by atoms with Crippen molar-refractivity contribution in [3.05, 3.63) is 42.5 Å². The van der Waals surface area contributed by atoms with E-state index < -0.39 is 11.4 Å². The average Bonchev–Trinajstić information content (AvgIpc) is 2.63. The van der Waals surface area contributed by atoms with Crippen molar-refractivity contribution >= 4 is 17.6 Å². The van der Waals surface area contributed by atoms with E-state index in [4.69, 9.17) is 4.74 Å². The quantitative estimate of drug-likeness (QED) is 0.472. The van der Waals surface area contributed by atoms with E-state index in [0.29, 0.717) is 5.56 Å². The summed E-state index contributed by atoms with van der Waals surface area (Å²) in [5.41, 5.74) is 0.173. The van der Waals surface area contributed by atoms with Gasteiger partial charge >= 0.3 is 5.97 Å². The summed E-state index contributed by atoms with van der Waals surface area (Å²) >= 11 is 0. The number of carbonyl (C=O) groups is 2. The third kappa shape index (κ3) is 1.75. The molecule has 1 aliphatic rings. The Kier molecular flexibility index (Phi) is 3.42. The van der Waals surface area contributed by atoms with Gasteiger partial charge in [-0.05, 0) is 19.4 Å². The summed E-state index contributed by atoms with van der Waals surface area (Å²) in [5.74, 6) is -0.760. The Hall–Kier alpha value is -2.10. The lowest BCUT2D eigenvalue weighted by Gasteiger charge is -2.24. The van der Waals surface area contributed by atoms with Crippen molar-refractivity contribution in [3.8, 4) is 0 Å². The Labute approximate surface area is 112 Å². The molecule has 1 aromatic rings. The number of para-hydroxylation sites is 1. The molecule has 0 saturated carbocycles. The molecule has 0 spiro atoms. The van der Waals surface area contributed by atoms with E-state index in [9.17, 15) is 9.59 Å². The lowest BCUT2D eigenvalue weighted by Crippen LogP contribution is -2.46. The molecule has 100 valence electrons. The van der Waals surface area contributed by atoms with E-state index in [0.717, 1.165) is 5.69 Å². The van der Waals surface area contributed by atoms with Gasteiger partial charge in [0.05, 0.1) is 6.61 Å². The van der Waals surface area contributed by atoms with Gasteiger partial charge in [0.25, 0.3) is 0 Å². The van der Waals surface area contributed by atoms with Gasteiger partial charge in [0.1, 0.15) is 0 Å². The number of nitrogens with zero attached hydrogens (tertiary/aromatic N) is 1. The summed E-state index contributed by atoms with van der Waals surface area (Å²) in [6, 6.07) is 7.30. The summed E-state index contributed by atoms with van der Waals surface area (Å²) in [5, 5.41) is 0. The van der Waals surface area contributed by atoms with Crippen LogP contribution in [0.4, 0.5) is 5.69 Å². The van der Waals surface area contributed by atoms with Crippen molar-refractivity contribution < 1.29 is 14.3 Å². The smallest absolute Gasteiger partial charge is 0.326 e. The molecular weight excluding hydrogens is 242 g/mol. The number of hydrogen-bond donors (Lipinski definition) is 0. The van der Waals surface area contributed by atoms with E-state index in [1.807, 2.05) is 18.2 Å². The molecule has 2 rings (SSSR count). The van der Waals surface area contributed by atoms with Crippen molar-refractivity contribution in [3.63, 3.8) is 0 Å². The van der Waals surface area contributed by atoms with E-state index in [-0.39, 0.29) is 18.9 Å².